The normalized spacial score (nSPS) is 15.2. The van der Waals surface area contributed by atoms with Gasteiger partial charge in [-0.3, -0.25) is 0 Å². The van der Waals surface area contributed by atoms with Crippen molar-refractivity contribution in [1.29, 1.82) is 0 Å². The summed E-state index contributed by atoms with van der Waals surface area (Å²) in [6.45, 7) is 8.58. The van der Waals surface area contributed by atoms with Crippen molar-refractivity contribution in [3.63, 3.8) is 0 Å². The molecular formula is C12H18N2S. The van der Waals surface area contributed by atoms with Crippen LogP contribution in [0.1, 0.15) is 16.7 Å². The highest BCUT2D eigenvalue weighted by molar-refractivity contribution is 7.11. The third kappa shape index (κ3) is 2.91. The van der Waals surface area contributed by atoms with Crippen molar-refractivity contribution in [2.75, 3.05) is 19.6 Å². The Hall–Kier alpha value is -0.640. The van der Waals surface area contributed by atoms with E-state index < -0.39 is 0 Å². The second kappa shape index (κ2) is 4.92. The second-order valence-corrected chi connectivity index (χ2v) is 5.48. The Kier molecular flexibility index (Phi) is 3.57. The fourth-order valence-corrected chi connectivity index (χ4v) is 2.49. The van der Waals surface area contributed by atoms with E-state index in [0.717, 1.165) is 26.2 Å². The third-order valence-corrected chi connectivity index (χ3v) is 3.77. The van der Waals surface area contributed by atoms with Crippen molar-refractivity contribution >= 4 is 11.3 Å². The SMILES string of the molecule is CC(CNCc1ccc(C)s1)=C1CNC1. The van der Waals surface area contributed by atoms with Crippen LogP contribution in [0.5, 0.6) is 0 Å². The van der Waals surface area contributed by atoms with Crippen molar-refractivity contribution in [3.8, 4) is 0 Å². The Balaban J connectivity index is 1.75. The molecule has 2 N–H and O–H groups in total. The van der Waals surface area contributed by atoms with E-state index in [9.17, 15) is 0 Å². The van der Waals surface area contributed by atoms with Crippen LogP contribution in [0, 0.1) is 6.92 Å². The smallest absolute Gasteiger partial charge is 0.0302 e. The monoisotopic (exact) mass is 222 g/mol. The van der Waals surface area contributed by atoms with E-state index in [-0.39, 0.29) is 0 Å². The summed E-state index contributed by atoms with van der Waals surface area (Å²) in [5.74, 6) is 0. The van der Waals surface area contributed by atoms with Gasteiger partial charge in [0, 0.05) is 35.9 Å². The van der Waals surface area contributed by atoms with Gasteiger partial charge in [0.15, 0.2) is 0 Å². The minimum atomic E-state index is 0.997. The maximum atomic E-state index is 3.49. The average Bonchev–Trinajstić information content (AvgIpc) is 2.48. The number of hydrogen-bond donors (Lipinski definition) is 2. The molecule has 15 heavy (non-hydrogen) atoms. The van der Waals surface area contributed by atoms with Crippen molar-refractivity contribution < 1.29 is 0 Å². The highest BCUT2D eigenvalue weighted by atomic mass is 32.1. The minimum Gasteiger partial charge on any atom is -0.309 e. The van der Waals surface area contributed by atoms with Crippen LogP contribution in [0.15, 0.2) is 23.3 Å². The highest BCUT2D eigenvalue weighted by Crippen LogP contribution is 2.14. The molecule has 2 nitrogen and oxygen atoms in total. The molecule has 3 heteroatoms. The van der Waals surface area contributed by atoms with Crippen LogP contribution in [-0.2, 0) is 6.54 Å². The van der Waals surface area contributed by atoms with E-state index in [2.05, 4.69) is 36.6 Å². The second-order valence-electron chi connectivity index (χ2n) is 4.10. The zero-order valence-electron chi connectivity index (χ0n) is 9.39. The number of nitrogens with one attached hydrogen (secondary N) is 2. The summed E-state index contributed by atoms with van der Waals surface area (Å²) < 4.78 is 0. The zero-order valence-corrected chi connectivity index (χ0v) is 10.2. The summed E-state index contributed by atoms with van der Waals surface area (Å²) in [5.41, 5.74) is 3.08. The molecule has 0 unspecified atom stereocenters. The Morgan fingerprint density at radius 2 is 2.27 bits per heavy atom. The van der Waals surface area contributed by atoms with Gasteiger partial charge >= 0.3 is 0 Å². The van der Waals surface area contributed by atoms with Gasteiger partial charge in [-0.05, 0) is 31.6 Å². The molecular weight excluding hydrogens is 204 g/mol. The molecule has 1 aliphatic rings. The largest absolute Gasteiger partial charge is 0.309 e. The molecule has 2 rings (SSSR count). The summed E-state index contributed by atoms with van der Waals surface area (Å²) in [5, 5.41) is 6.76. The lowest BCUT2D eigenvalue weighted by atomic mass is 10.0. The van der Waals surface area contributed by atoms with Crippen LogP contribution in [0.2, 0.25) is 0 Å². The van der Waals surface area contributed by atoms with Crippen molar-refractivity contribution in [2.45, 2.75) is 20.4 Å². The lowest BCUT2D eigenvalue weighted by Gasteiger charge is -2.22. The molecule has 0 atom stereocenters. The standard InChI is InChI=1S/C12H18N2S/c1-9(11-6-14-7-11)5-13-8-12-4-3-10(2)15-12/h3-4,13-14H,5-8H2,1-2H3. The zero-order chi connectivity index (χ0) is 10.7. The number of rotatable bonds is 4. The lowest BCUT2D eigenvalue weighted by Crippen LogP contribution is -2.36. The van der Waals surface area contributed by atoms with E-state index in [4.69, 9.17) is 0 Å². The maximum Gasteiger partial charge on any atom is 0.0302 e. The van der Waals surface area contributed by atoms with Gasteiger partial charge < -0.3 is 10.6 Å². The molecule has 2 heterocycles. The summed E-state index contributed by atoms with van der Waals surface area (Å²) in [4.78, 5) is 2.82. The summed E-state index contributed by atoms with van der Waals surface area (Å²) in [7, 11) is 0. The molecule has 0 aliphatic carbocycles. The molecule has 1 fully saturated rings. The molecule has 82 valence electrons. The van der Waals surface area contributed by atoms with Gasteiger partial charge in [-0.1, -0.05) is 5.57 Å². The predicted octanol–water partition coefficient (Wildman–Crippen LogP) is 2.07. The summed E-state index contributed by atoms with van der Waals surface area (Å²) in [6.07, 6.45) is 0. The van der Waals surface area contributed by atoms with Gasteiger partial charge in [0.2, 0.25) is 0 Å². The van der Waals surface area contributed by atoms with Crippen LogP contribution in [-0.4, -0.2) is 19.6 Å². The van der Waals surface area contributed by atoms with E-state index in [1.54, 1.807) is 5.57 Å². The van der Waals surface area contributed by atoms with Crippen molar-refractivity contribution in [2.24, 2.45) is 0 Å². The van der Waals surface area contributed by atoms with E-state index in [1.165, 1.54) is 15.3 Å². The van der Waals surface area contributed by atoms with E-state index in [1.807, 2.05) is 11.3 Å². The average molecular weight is 222 g/mol. The molecule has 1 aliphatic heterocycles. The fraction of sp³-hybridized carbons (Fsp3) is 0.500. The molecule has 1 saturated heterocycles. The van der Waals surface area contributed by atoms with Crippen LogP contribution >= 0.6 is 11.3 Å². The molecule has 1 aromatic rings. The number of thiophene rings is 1. The molecule has 0 saturated carbocycles. The first-order valence-corrected chi connectivity index (χ1v) is 6.21. The lowest BCUT2D eigenvalue weighted by molar-refractivity contribution is 0.641. The van der Waals surface area contributed by atoms with Crippen LogP contribution < -0.4 is 10.6 Å². The Bertz CT molecular complexity index is 359. The van der Waals surface area contributed by atoms with Crippen molar-refractivity contribution in [3.05, 3.63) is 33.0 Å². The van der Waals surface area contributed by atoms with Crippen molar-refractivity contribution in [1.82, 2.24) is 10.6 Å². The van der Waals surface area contributed by atoms with E-state index >= 15 is 0 Å². The highest BCUT2D eigenvalue weighted by Gasteiger charge is 2.09. The topological polar surface area (TPSA) is 24.1 Å². The Morgan fingerprint density at radius 3 is 2.80 bits per heavy atom. The first kappa shape index (κ1) is 10.9. The molecule has 0 radical (unpaired) electrons. The van der Waals surface area contributed by atoms with Gasteiger partial charge in [-0.15, -0.1) is 11.3 Å². The predicted molar refractivity (Wildman–Crippen MR) is 66.3 cm³/mol. The number of hydrogen-bond acceptors (Lipinski definition) is 3. The van der Waals surface area contributed by atoms with E-state index in [0.29, 0.717) is 0 Å². The van der Waals surface area contributed by atoms with Crippen LogP contribution in [0.3, 0.4) is 0 Å². The fourth-order valence-electron chi connectivity index (χ4n) is 1.63. The van der Waals surface area contributed by atoms with Gasteiger partial charge in [0.1, 0.15) is 0 Å². The maximum absolute atomic E-state index is 3.49. The van der Waals surface area contributed by atoms with Gasteiger partial charge in [0.05, 0.1) is 0 Å². The van der Waals surface area contributed by atoms with Gasteiger partial charge in [0.25, 0.3) is 0 Å². The molecule has 0 aromatic carbocycles. The Morgan fingerprint density at radius 1 is 1.47 bits per heavy atom. The summed E-state index contributed by atoms with van der Waals surface area (Å²) in [6, 6.07) is 4.39. The Labute approximate surface area is 95.4 Å². The summed E-state index contributed by atoms with van der Waals surface area (Å²) >= 11 is 1.88. The first-order valence-electron chi connectivity index (χ1n) is 5.40. The molecule has 1 aromatic heterocycles. The molecule has 0 spiro atoms. The van der Waals surface area contributed by atoms with Gasteiger partial charge in [-0.25, -0.2) is 0 Å². The third-order valence-electron chi connectivity index (χ3n) is 2.77. The molecule has 0 amide bonds. The van der Waals surface area contributed by atoms with Crippen LogP contribution in [0.25, 0.3) is 0 Å². The van der Waals surface area contributed by atoms with Crippen LogP contribution in [0.4, 0.5) is 0 Å². The van der Waals surface area contributed by atoms with Gasteiger partial charge in [-0.2, -0.15) is 0 Å². The number of aryl methyl sites for hydroxylation is 1. The minimum absolute atomic E-state index is 0.997. The molecule has 0 bridgehead atoms. The quantitative estimate of drug-likeness (QED) is 0.762. The first-order chi connectivity index (χ1) is 7.25.